The van der Waals surface area contributed by atoms with Crippen LogP contribution < -0.4 is 5.73 Å². The van der Waals surface area contributed by atoms with Gasteiger partial charge in [-0.2, -0.15) is 0 Å². The molecule has 19 heavy (non-hydrogen) atoms. The Hall–Kier alpha value is -2.02. The second-order valence-corrected chi connectivity index (χ2v) is 5.07. The van der Waals surface area contributed by atoms with E-state index in [0.29, 0.717) is 34.3 Å². The van der Waals surface area contributed by atoms with E-state index >= 15 is 0 Å². The van der Waals surface area contributed by atoms with Crippen LogP contribution in [0.2, 0.25) is 0 Å². The van der Waals surface area contributed by atoms with Gasteiger partial charge in [0.15, 0.2) is 0 Å². The highest BCUT2D eigenvalue weighted by Gasteiger charge is 2.19. The summed E-state index contributed by atoms with van der Waals surface area (Å²) in [7, 11) is 0. The molecule has 0 aliphatic heterocycles. The largest absolute Gasteiger partial charge is 0.477 e. The van der Waals surface area contributed by atoms with Gasteiger partial charge < -0.3 is 10.8 Å². The van der Waals surface area contributed by atoms with Gasteiger partial charge >= 0.3 is 5.97 Å². The van der Waals surface area contributed by atoms with Crippen LogP contribution in [0.25, 0.3) is 10.6 Å². The summed E-state index contributed by atoms with van der Waals surface area (Å²) < 4.78 is 0. The van der Waals surface area contributed by atoms with Gasteiger partial charge in [-0.1, -0.05) is 13.3 Å². The molecule has 0 saturated carbocycles. The molecule has 2 rings (SSSR count). The van der Waals surface area contributed by atoms with Crippen molar-refractivity contribution in [1.29, 1.82) is 0 Å². The van der Waals surface area contributed by atoms with E-state index in [9.17, 15) is 9.90 Å². The van der Waals surface area contributed by atoms with Gasteiger partial charge in [0.05, 0.1) is 11.3 Å². The molecule has 0 spiro atoms. The summed E-state index contributed by atoms with van der Waals surface area (Å²) in [6, 6.07) is 0. The number of carboxylic acids is 1. The fourth-order valence-electron chi connectivity index (χ4n) is 1.69. The average Bonchev–Trinajstić information content (AvgIpc) is 2.73. The maximum absolute atomic E-state index is 11.2. The average molecular weight is 278 g/mol. The van der Waals surface area contributed by atoms with Crippen LogP contribution >= 0.6 is 11.3 Å². The first-order valence-electron chi connectivity index (χ1n) is 5.85. The number of rotatable bonds is 4. The van der Waals surface area contributed by atoms with Crippen LogP contribution in [-0.4, -0.2) is 26.0 Å². The zero-order valence-corrected chi connectivity index (χ0v) is 11.5. The third-order valence-corrected chi connectivity index (χ3v) is 3.67. The van der Waals surface area contributed by atoms with Crippen molar-refractivity contribution in [3.8, 4) is 10.6 Å². The highest BCUT2D eigenvalue weighted by molar-refractivity contribution is 7.17. The number of nitrogens with zero attached hydrogens (tertiary/aromatic N) is 3. The van der Waals surface area contributed by atoms with Crippen LogP contribution in [0.5, 0.6) is 0 Å². The molecule has 100 valence electrons. The molecule has 0 amide bonds. The Morgan fingerprint density at radius 1 is 1.47 bits per heavy atom. The van der Waals surface area contributed by atoms with Crippen LogP contribution in [0.15, 0.2) is 6.20 Å². The smallest absolute Gasteiger partial charge is 0.347 e. The topological polar surface area (TPSA) is 102 Å². The minimum atomic E-state index is -0.959. The first kappa shape index (κ1) is 13.4. The normalized spacial score (nSPS) is 10.6. The van der Waals surface area contributed by atoms with Gasteiger partial charge in [-0.3, -0.25) is 0 Å². The second kappa shape index (κ2) is 5.31. The highest BCUT2D eigenvalue weighted by Crippen LogP contribution is 2.31. The molecular weight excluding hydrogens is 264 g/mol. The van der Waals surface area contributed by atoms with Gasteiger partial charge in [0.1, 0.15) is 21.5 Å². The third kappa shape index (κ3) is 2.70. The van der Waals surface area contributed by atoms with E-state index in [1.165, 1.54) is 0 Å². The van der Waals surface area contributed by atoms with Crippen LogP contribution in [0, 0.1) is 6.92 Å². The van der Waals surface area contributed by atoms with Gasteiger partial charge in [-0.25, -0.2) is 19.7 Å². The number of anilines is 1. The summed E-state index contributed by atoms with van der Waals surface area (Å²) >= 11 is 1.11. The van der Waals surface area contributed by atoms with Gasteiger partial charge in [0.25, 0.3) is 0 Å². The van der Waals surface area contributed by atoms with Gasteiger partial charge in [0, 0.05) is 6.20 Å². The number of carboxylic acid groups (broad SMARTS) is 1. The maximum Gasteiger partial charge on any atom is 0.347 e. The van der Waals surface area contributed by atoms with E-state index in [1.807, 2.05) is 6.92 Å². The molecule has 0 unspecified atom stereocenters. The quantitative estimate of drug-likeness (QED) is 0.888. The molecule has 6 nitrogen and oxygen atoms in total. The third-order valence-electron chi connectivity index (χ3n) is 2.55. The Labute approximate surface area is 114 Å². The van der Waals surface area contributed by atoms with Crippen molar-refractivity contribution in [2.75, 3.05) is 5.73 Å². The van der Waals surface area contributed by atoms with Gasteiger partial charge in [0.2, 0.25) is 0 Å². The number of nitrogen functional groups attached to an aromatic ring is 1. The lowest BCUT2D eigenvalue weighted by atomic mass is 10.2. The van der Waals surface area contributed by atoms with Crippen LogP contribution in [0.4, 0.5) is 5.82 Å². The summed E-state index contributed by atoms with van der Waals surface area (Å²) in [5.74, 6) is -0.0647. The van der Waals surface area contributed by atoms with Crippen LogP contribution in [0.3, 0.4) is 0 Å². The standard InChI is InChI=1S/C12H14N4O2S/c1-3-4-8-9(12(17)18)19-11(16-8)7-5-14-6(2)15-10(7)13/h5H,3-4H2,1-2H3,(H,17,18)(H2,13,14,15). The van der Waals surface area contributed by atoms with E-state index in [-0.39, 0.29) is 4.88 Å². The predicted molar refractivity (Wildman–Crippen MR) is 73.2 cm³/mol. The lowest BCUT2D eigenvalue weighted by Crippen LogP contribution is -1.99. The van der Waals surface area contributed by atoms with Crippen molar-refractivity contribution >= 4 is 23.1 Å². The molecule has 0 fully saturated rings. The first-order valence-corrected chi connectivity index (χ1v) is 6.67. The minimum Gasteiger partial charge on any atom is -0.477 e. The Morgan fingerprint density at radius 2 is 2.21 bits per heavy atom. The summed E-state index contributed by atoms with van der Waals surface area (Å²) in [6.07, 6.45) is 3.05. The lowest BCUT2D eigenvalue weighted by molar-refractivity contribution is 0.0700. The molecule has 3 N–H and O–H groups in total. The Balaban J connectivity index is 2.50. The number of thiazole rings is 1. The molecule has 0 aromatic carbocycles. The summed E-state index contributed by atoms with van der Waals surface area (Å²) in [6.45, 7) is 3.72. The summed E-state index contributed by atoms with van der Waals surface area (Å²) in [4.78, 5) is 23.9. The molecule has 7 heteroatoms. The number of aryl methyl sites for hydroxylation is 2. The molecule has 0 atom stereocenters. The van der Waals surface area contributed by atoms with Crippen LogP contribution in [0.1, 0.15) is 34.5 Å². The molecule has 2 aromatic rings. The van der Waals surface area contributed by atoms with Crippen molar-refractivity contribution in [1.82, 2.24) is 15.0 Å². The Kier molecular flexibility index (Phi) is 3.75. The fourth-order valence-corrected chi connectivity index (χ4v) is 2.66. The molecule has 0 bridgehead atoms. The lowest BCUT2D eigenvalue weighted by Gasteiger charge is -2.00. The van der Waals surface area contributed by atoms with Crippen molar-refractivity contribution < 1.29 is 9.90 Å². The van der Waals surface area contributed by atoms with E-state index in [0.717, 1.165) is 17.8 Å². The number of hydrogen-bond acceptors (Lipinski definition) is 6. The number of aromatic nitrogens is 3. The number of aromatic carboxylic acids is 1. The maximum atomic E-state index is 11.2. The van der Waals surface area contributed by atoms with Gasteiger partial charge in [-0.05, 0) is 13.3 Å². The Bertz CT molecular complexity index is 624. The van der Waals surface area contributed by atoms with Crippen molar-refractivity contribution in [2.45, 2.75) is 26.7 Å². The highest BCUT2D eigenvalue weighted by atomic mass is 32.1. The van der Waals surface area contributed by atoms with Crippen molar-refractivity contribution in [3.63, 3.8) is 0 Å². The molecule has 0 aliphatic rings. The molecule has 2 aromatic heterocycles. The number of carbonyl (C=O) groups is 1. The van der Waals surface area contributed by atoms with E-state index in [2.05, 4.69) is 15.0 Å². The Morgan fingerprint density at radius 3 is 2.79 bits per heavy atom. The first-order chi connectivity index (χ1) is 9.02. The minimum absolute atomic E-state index is 0.261. The van der Waals surface area contributed by atoms with E-state index < -0.39 is 5.97 Å². The summed E-state index contributed by atoms with van der Waals surface area (Å²) in [5, 5.41) is 9.73. The zero-order chi connectivity index (χ0) is 14.0. The van der Waals surface area contributed by atoms with E-state index in [1.54, 1.807) is 13.1 Å². The monoisotopic (exact) mass is 278 g/mol. The van der Waals surface area contributed by atoms with Crippen LogP contribution in [-0.2, 0) is 6.42 Å². The van der Waals surface area contributed by atoms with Crippen molar-refractivity contribution in [2.24, 2.45) is 0 Å². The second-order valence-electron chi connectivity index (χ2n) is 4.07. The number of hydrogen-bond donors (Lipinski definition) is 2. The molecule has 0 radical (unpaired) electrons. The molecule has 2 heterocycles. The fraction of sp³-hybridized carbons (Fsp3) is 0.333. The number of nitrogens with two attached hydrogens (primary N) is 1. The van der Waals surface area contributed by atoms with E-state index in [4.69, 9.17) is 5.73 Å². The molecule has 0 saturated heterocycles. The summed E-state index contributed by atoms with van der Waals surface area (Å²) in [5.41, 5.74) is 7.01. The van der Waals surface area contributed by atoms with Crippen molar-refractivity contribution in [3.05, 3.63) is 22.6 Å². The van der Waals surface area contributed by atoms with Gasteiger partial charge in [-0.15, -0.1) is 11.3 Å². The molecule has 0 aliphatic carbocycles. The SMILES string of the molecule is CCCc1nc(-c2cnc(C)nc2N)sc1C(=O)O. The predicted octanol–water partition coefficient (Wildman–Crippen LogP) is 2.14. The molecular formula is C12H14N4O2S. The zero-order valence-electron chi connectivity index (χ0n) is 10.7.